The van der Waals surface area contributed by atoms with Crippen LogP contribution in [0.15, 0.2) is 78.9 Å². The van der Waals surface area contributed by atoms with E-state index in [1.54, 1.807) is 14.7 Å². The number of amides is 3. The molecule has 3 amide bonds. The van der Waals surface area contributed by atoms with Crippen molar-refractivity contribution in [1.82, 2.24) is 9.80 Å². The SMILES string of the molecule is CCN(CC)c1ccc(N2CC=C[C@]34O[C@@]5(C)C=CCN(Cc6ccccc6)C(=O)[C@H]5[C@H]3C(=O)N(CCCCCO)C4C2=O)cc1. The average Bonchev–Trinajstić information content (AvgIpc) is 3.33. The predicted molar refractivity (Wildman–Crippen MR) is 178 cm³/mol. The molecule has 9 nitrogen and oxygen atoms in total. The van der Waals surface area contributed by atoms with E-state index in [-0.39, 0.29) is 24.3 Å². The third-order valence-electron chi connectivity index (χ3n) is 10.2. The lowest BCUT2D eigenvalue weighted by atomic mass is 9.74. The molecule has 0 saturated carbocycles. The first-order valence-corrected chi connectivity index (χ1v) is 16.7. The van der Waals surface area contributed by atoms with Crippen molar-refractivity contribution in [3.05, 3.63) is 84.5 Å². The van der Waals surface area contributed by atoms with Crippen LogP contribution < -0.4 is 9.80 Å². The van der Waals surface area contributed by atoms with Gasteiger partial charge in [0.25, 0.3) is 5.91 Å². The summed E-state index contributed by atoms with van der Waals surface area (Å²) in [6, 6.07) is 16.9. The van der Waals surface area contributed by atoms with Gasteiger partial charge in [0.2, 0.25) is 11.8 Å². The van der Waals surface area contributed by atoms with Gasteiger partial charge in [-0.2, -0.15) is 0 Å². The van der Waals surface area contributed by atoms with Gasteiger partial charge in [-0.15, -0.1) is 0 Å². The average molecular weight is 627 g/mol. The molecule has 6 rings (SSSR count). The van der Waals surface area contributed by atoms with Crippen molar-refractivity contribution < 1.29 is 24.2 Å². The third kappa shape index (κ3) is 5.43. The minimum atomic E-state index is -1.30. The molecule has 9 heteroatoms. The molecule has 4 aliphatic heterocycles. The van der Waals surface area contributed by atoms with E-state index in [1.165, 1.54) is 0 Å². The van der Waals surface area contributed by atoms with Crippen LogP contribution in [-0.4, -0.2) is 89.2 Å². The number of anilines is 2. The van der Waals surface area contributed by atoms with Crippen molar-refractivity contribution in [2.45, 2.75) is 63.8 Å². The molecule has 2 aromatic carbocycles. The smallest absolute Gasteiger partial charge is 0.253 e. The van der Waals surface area contributed by atoms with Crippen molar-refractivity contribution in [2.75, 3.05) is 49.1 Å². The van der Waals surface area contributed by atoms with Crippen LogP contribution in [0.5, 0.6) is 0 Å². The molecule has 1 unspecified atom stereocenters. The Kier molecular flexibility index (Phi) is 9.08. The van der Waals surface area contributed by atoms with E-state index in [0.29, 0.717) is 39.0 Å². The molecule has 4 heterocycles. The first-order valence-electron chi connectivity index (χ1n) is 16.7. The summed E-state index contributed by atoms with van der Waals surface area (Å²) >= 11 is 0. The molecule has 2 aromatic rings. The number of carbonyl (C=O) groups is 3. The highest BCUT2D eigenvalue weighted by molar-refractivity contribution is 6.06. The van der Waals surface area contributed by atoms with Crippen LogP contribution in [0.1, 0.15) is 45.6 Å². The van der Waals surface area contributed by atoms with Gasteiger partial charge in [-0.1, -0.05) is 54.6 Å². The highest BCUT2D eigenvalue weighted by atomic mass is 16.5. The third-order valence-corrected chi connectivity index (χ3v) is 10.2. The maximum Gasteiger partial charge on any atom is 0.253 e. The number of hydrogen-bond donors (Lipinski definition) is 1. The highest BCUT2D eigenvalue weighted by Crippen LogP contribution is 2.57. The van der Waals surface area contributed by atoms with Gasteiger partial charge in [0, 0.05) is 57.3 Å². The largest absolute Gasteiger partial charge is 0.396 e. The number of aliphatic hydroxyl groups is 1. The summed E-state index contributed by atoms with van der Waals surface area (Å²) in [5.74, 6) is -2.20. The topological polar surface area (TPSA) is 93.6 Å². The van der Waals surface area contributed by atoms with Crippen LogP contribution >= 0.6 is 0 Å². The standard InChI is InChI=1S/C37H46N4O5/c1-4-38(5-2)28-16-18-29(19-17-28)40-24-13-21-37-31(34(44)41(32(37)35(40)45)23-10-7-11-25-42)30-33(43)39(22-12-20-36(30,3)46-37)26-27-14-8-6-9-15-27/h6,8-9,12-21,30-32,42H,4-5,7,10-11,22-26H2,1-3H3/t30-,31+,32?,36+,37+/m1/s1. The number of unbranched alkanes of at least 4 members (excludes halogenated alkanes) is 2. The van der Waals surface area contributed by atoms with Crippen LogP contribution in [-0.2, 0) is 25.7 Å². The van der Waals surface area contributed by atoms with Gasteiger partial charge in [-0.05, 0) is 69.9 Å². The van der Waals surface area contributed by atoms with E-state index < -0.39 is 29.1 Å². The first kappa shape index (κ1) is 32.0. The number of nitrogens with zero attached hydrogens (tertiary/aromatic N) is 4. The summed E-state index contributed by atoms with van der Waals surface area (Å²) in [6.07, 6.45) is 9.69. The van der Waals surface area contributed by atoms with Crippen molar-refractivity contribution in [1.29, 1.82) is 0 Å². The van der Waals surface area contributed by atoms with Crippen LogP contribution in [0.2, 0.25) is 0 Å². The van der Waals surface area contributed by atoms with Gasteiger partial charge in [-0.3, -0.25) is 14.4 Å². The zero-order valence-corrected chi connectivity index (χ0v) is 27.2. The van der Waals surface area contributed by atoms with Crippen molar-refractivity contribution in [2.24, 2.45) is 11.8 Å². The summed E-state index contributed by atoms with van der Waals surface area (Å²) in [5, 5.41) is 9.38. The second kappa shape index (κ2) is 13.0. The zero-order valence-electron chi connectivity index (χ0n) is 27.2. The molecule has 0 radical (unpaired) electrons. The minimum Gasteiger partial charge on any atom is -0.396 e. The molecule has 2 fully saturated rings. The van der Waals surface area contributed by atoms with Gasteiger partial charge in [-0.25, -0.2) is 0 Å². The summed E-state index contributed by atoms with van der Waals surface area (Å²) in [6.45, 7) is 9.47. The number of benzene rings is 2. The van der Waals surface area contributed by atoms with E-state index in [0.717, 1.165) is 36.4 Å². The summed E-state index contributed by atoms with van der Waals surface area (Å²) in [4.78, 5) is 51.3. The number of fused-ring (bicyclic) bond motifs is 2. The minimum absolute atomic E-state index is 0.0739. The second-order valence-corrected chi connectivity index (χ2v) is 13.0. The quantitative estimate of drug-likeness (QED) is 0.298. The molecule has 2 saturated heterocycles. The molecule has 0 bridgehead atoms. The number of aliphatic hydroxyl groups excluding tert-OH is 1. The summed E-state index contributed by atoms with van der Waals surface area (Å²) in [5.41, 5.74) is 0.491. The molecular formula is C37H46N4O5. The monoisotopic (exact) mass is 626 g/mol. The van der Waals surface area contributed by atoms with E-state index >= 15 is 0 Å². The maximum absolute atomic E-state index is 14.8. The molecule has 5 atom stereocenters. The van der Waals surface area contributed by atoms with Crippen LogP contribution in [0.25, 0.3) is 0 Å². The number of likely N-dealkylation sites (tertiary alicyclic amines) is 1. The highest BCUT2D eigenvalue weighted by Gasteiger charge is 2.74. The summed E-state index contributed by atoms with van der Waals surface area (Å²) < 4.78 is 6.98. The molecule has 244 valence electrons. The van der Waals surface area contributed by atoms with E-state index in [4.69, 9.17) is 4.74 Å². The lowest BCUT2D eigenvalue weighted by molar-refractivity contribution is -0.148. The molecule has 1 N–H and O–H groups in total. The Hall–Kier alpha value is -3.95. The fraction of sp³-hybridized carbons (Fsp3) is 0.486. The molecule has 4 aliphatic rings. The predicted octanol–water partition coefficient (Wildman–Crippen LogP) is 4.17. The van der Waals surface area contributed by atoms with Crippen molar-refractivity contribution >= 4 is 29.1 Å². The number of carbonyl (C=O) groups excluding carboxylic acids is 3. The van der Waals surface area contributed by atoms with Crippen LogP contribution in [0, 0.1) is 11.8 Å². The van der Waals surface area contributed by atoms with E-state index in [9.17, 15) is 19.5 Å². The molecule has 46 heavy (non-hydrogen) atoms. The number of rotatable bonds is 11. The van der Waals surface area contributed by atoms with E-state index in [2.05, 4.69) is 18.7 Å². The van der Waals surface area contributed by atoms with Crippen molar-refractivity contribution in [3.8, 4) is 0 Å². The van der Waals surface area contributed by atoms with Crippen LogP contribution in [0.3, 0.4) is 0 Å². The first-order chi connectivity index (χ1) is 22.3. The van der Waals surface area contributed by atoms with Gasteiger partial charge >= 0.3 is 0 Å². The Morgan fingerprint density at radius 3 is 2.26 bits per heavy atom. The van der Waals surface area contributed by atoms with Gasteiger partial charge in [0.05, 0.1) is 17.4 Å². The Balaban J connectivity index is 1.37. The normalized spacial score (nSPS) is 28.7. The molecule has 1 spiro atoms. The molecular weight excluding hydrogens is 580 g/mol. The zero-order chi connectivity index (χ0) is 32.5. The Labute approximate surface area is 272 Å². The molecule has 0 aromatic heterocycles. The van der Waals surface area contributed by atoms with Gasteiger partial charge in [0.1, 0.15) is 11.6 Å². The lowest BCUT2D eigenvalue weighted by Gasteiger charge is -2.37. The number of hydrogen-bond acceptors (Lipinski definition) is 6. The molecule has 0 aliphatic carbocycles. The lowest BCUT2D eigenvalue weighted by Crippen LogP contribution is -2.56. The Morgan fingerprint density at radius 2 is 1.57 bits per heavy atom. The summed E-state index contributed by atoms with van der Waals surface area (Å²) in [7, 11) is 0. The van der Waals surface area contributed by atoms with Gasteiger partial charge in [0.15, 0.2) is 0 Å². The van der Waals surface area contributed by atoms with E-state index in [1.807, 2.05) is 85.8 Å². The number of ether oxygens (including phenoxy) is 1. The Bertz CT molecular complexity index is 1490. The van der Waals surface area contributed by atoms with Crippen molar-refractivity contribution in [3.63, 3.8) is 0 Å². The maximum atomic E-state index is 14.8. The fourth-order valence-corrected chi connectivity index (χ4v) is 7.99. The Morgan fingerprint density at radius 1 is 0.848 bits per heavy atom. The van der Waals surface area contributed by atoms with Crippen LogP contribution in [0.4, 0.5) is 11.4 Å². The fourth-order valence-electron chi connectivity index (χ4n) is 7.99. The second-order valence-electron chi connectivity index (χ2n) is 13.0. The van der Waals surface area contributed by atoms with Gasteiger partial charge < -0.3 is 29.4 Å².